The van der Waals surface area contributed by atoms with Crippen molar-refractivity contribution < 1.29 is 18.8 Å². The van der Waals surface area contributed by atoms with E-state index in [2.05, 4.69) is 10.1 Å². The molecular weight excluding hydrogens is 444 g/mol. The monoisotopic (exact) mass is 478 g/mol. The summed E-state index contributed by atoms with van der Waals surface area (Å²) < 4.78 is 10.9. The first-order valence-corrected chi connectivity index (χ1v) is 12.1. The predicted octanol–water partition coefficient (Wildman–Crippen LogP) is 5.23. The number of pyridine rings is 1. The van der Waals surface area contributed by atoms with Crippen molar-refractivity contribution in [2.75, 3.05) is 26.7 Å². The number of likely N-dealkylation sites (tertiary alicyclic amines) is 1. The van der Waals surface area contributed by atoms with Crippen molar-refractivity contribution in [2.24, 2.45) is 5.92 Å². The van der Waals surface area contributed by atoms with E-state index in [1.54, 1.807) is 11.9 Å². The zero-order valence-corrected chi connectivity index (χ0v) is 21.4. The molecule has 3 heterocycles. The van der Waals surface area contributed by atoms with Crippen LogP contribution in [-0.4, -0.2) is 64.2 Å². The van der Waals surface area contributed by atoms with Crippen LogP contribution in [0.1, 0.15) is 55.2 Å². The highest BCUT2D eigenvalue weighted by Crippen LogP contribution is 2.29. The second kappa shape index (κ2) is 9.68. The number of benzene rings is 1. The molecule has 0 N–H and O–H groups in total. The molecule has 1 aromatic carbocycles. The summed E-state index contributed by atoms with van der Waals surface area (Å²) in [4.78, 5) is 34.1. The maximum absolute atomic E-state index is 13.6. The van der Waals surface area contributed by atoms with E-state index in [1.165, 1.54) is 0 Å². The van der Waals surface area contributed by atoms with Crippen molar-refractivity contribution in [1.29, 1.82) is 0 Å². The van der Waals surface area contributed by atoms with Gasteiger partial charge in [-0.2, -0.15) is 0 Å². The van der Waals surface area contributed by atoms with E-state index < -0.39 is 5.60 Å². The van der Waals surface area contributed by atoms with E-state index in [-0.39, 0.29) is 12.0 Å². The fourth-order valence-electron chi connectivity index (χ4n) is 4.43. The quantitative estimate of drug-likeness (QED) is 0.510. The highest BCUT2D eigenvalue weighted by Gasteiger charge is 2.29. The molecule has 4 rings (SSSR count). The molecule has 0 saturated carbocycles. The molecule has 0 radical (unpaired) electrons. The van der Waals surface area contributed by atoms with E-state index >= 15 is 0 Å². The number of carbonyl (C=O) groups excluding carboxylic acids is 2. The van der Waals surface area contributed by atoms with Gasteiger partial charge in [-0.25, -0.2) is 9.78 Å². The summed E-state index contributed by atoms with van der Waals surface area (Å²) in [6.45, 7) is 11.3. The first-order chi connectivity index (χ1) is 16.5. The summed E-state index contributed by atoms with van der Waals surface area (Å²) in [6.07, 6.45) is 1.32. The number of fused-ring (bicyclic) bond motifs is 1. The summed E-state index contributed by atoms with van der Waals surface area (Å²) in [5.74, 6) is 0.269. The van der Waals surface area contributed by atoms with E-state index in [0.29, 0.717) is 53.6 Å². The number of rotatable bonds is 4. The van der Waals surface area contributed by atoms with Gasteiger partial charge in [-0.15, -0.1) is 0 Å². The Kier molecular flexibility index (Phi) is 6.83. The lowest BCUT2D eigenvalue weighted by Crippen LogP contribution is -2.43. The van der Waals surface area contributed by atoms with Crippen molar-refractivity contribution in [1.82, 2.24) is 19.9 Å². The van der Waals surface area contributed by atoms with Crippen molar-refractivity contribution in [3.05, 3.63) is 47.2 Å². The number of amides is 2. The van der Waals surface area contributed by atoms with Crippen LogP contribution in [0.4, 0.5) is 4.79 Å². The van der Waals surface area contributed by atoms with Crippen LogP contribution in [0.3, 0.4) is 0 Å². The summed E-state index contributed by atoms with van der Waals surface area (Å²) in [5.41, 5.74) is 3.83. The molecule has 2 aromatic heterocycles. The molecule has 1 saturated heterocycles. The second-order valence-electron chi connectivity index (χ2n) is 10.5. The van der Waals surface area contributed by atoms with Crippen LogP contribution >= 0.6 is 0 Å². The number of piperidine rings is 1. The molecule has 0 atom stereocenters. The maximum atomic E-state index is 13.6. The van der Waals surface area contributed by atoms with E-state index in [9.17, 15) is 9.59 Å². The van der Waals surface area contributed by atoms with E-state index in [1.807, 2.05) is 69.9 Å². The lowest BCUT2D eigenvalue weighted by molar-refractivity contribution is 0.0246. The van der Waals surface area contributed by atoms with E-state index in [0.717, 1.165) is 24.0 Å². The van der Waals surface area contributed by atoms with Crippen LogP contribution in [-0.2, 0) is 4.74 Å². The average molecular weight is 479 g/mol. The maximum Gasteiger partial charge on any atom is 0.410 e. The van der Waals surface area contributed by atoms with Gasteiger partial charge in [-0.3, -0.25) is 4.79 Å². The second-order valence-corrected chi connectivity index (χ2v) is 10.5. The van der Waals surface area contributed by atoms with Crippen molar-refractivity contribution in [3.8, 4) is 11.3 Å². The molecule has 1 aliphatic heterocycles. The summed E-state index contributed by atoms with van der Waals surface area (Å²) >= 11 is 0. The molecule has 0 spiro atoms. The number of aromatic nitrogens is 2. The molecule has 0 unspecified atom stereocenters. The fraction of sp³-hybridized carbons (Fsp3) is 0.481. The van der Waals surface area contributed by atoms with Crippen LogP contribution in [0.25, 0.3) is 22.4 Å². The minimum absolute atomic E-state index is 0.0454. The van der Waals surface area contributed by atoms with Gasteiger partial charge >= 0.3 is 6.09 Å². The van der Waals surface area contributed by atoms with Gasteiger partial charge in [0.05, 0.1) is 22.3 Å². The van der Waals surface area contributed by atoms with Gasteiger partial charge in [0.15, 0.2) is 0 Å². The van der Waals surface area contributed by atoms with Crippen molar-refractivity contribution in [2.45, 2.75) is 53.1 Å². The Morgan fingerprint density at radius 3 is 2.43 bits per heavy atom. The molecule has 3 aromatic rings. The van der Waals surface area contributed by atoms with Gasteiger partial charge in [-0.05, 0) is 59.4 Å². The number of nitrogens with zero attached hydrogens (tertiary/aromatic N) is 4. The van der Waals surface area contributed by atoms with Crippen LogP contribution in [0.15, 0.2) is 34.9 Å². The Labute approximate surface area is 206 Å². The van der Waals surface area contributed by atoms with Crippen molar-refractivity contribution in [3.63, 3.8) is 0 Å². The Bertz CT molecular complexity index is 1220. The Hall–Kier alpha value is -3.42. The first-order valence-electron chi connectivity index (χ1n) is 12.1. The Morgan fingerprint density at radius 2 is 1.80 bits per heavy atom. The standard InChI is InChI=1S/C27H34N4O4/c1-17-7-9-20(10-8-17)22-15-21(23-18(2)29-35-24(23)28-22)25(32)31-13-11-19(12-14-31)16-30(6)26(33)34-27(3,4)5/h7-10,15,19H,11-14,16H2,1-6H3. The molecule has 2 amide bonds. The first kappa shape index (κ1) is 24.7. The van der Waals surface area contributed by atoms with Gasteiger partial charge in [-0.1, -0.05) is 35.0 Å². The Morgan fingerprint density at radius 1 is 1.14 bits per heavy atom. The van der Waals surface area contributed by atoms with Crippen LogP contribution in [0.2, 0.25) is 0 Å². The van der Waals surface area contributed by atoms with Crippen LogP contribution in [0.5, 0.6) is 0 Å². The van der Waals surface area contributed by atoms with Gasteiger partial charge < -0.3 is 19.1 Å². The molecule has 8 nitrogen and oxygen atoms in total. The highest BCUT2D eigenvalue weighted by atomic mass is 16.6. The molecule has 8 heteroatoms. The third-order valence-corrected chi connectivity index (χ3v) is 6.33. The third kappa shape index (κ3) is 5.63. The SMILES string of the molecule is Cc1ccc(-c2cc(C(=O)N3CCC(CN(C)C(=O)OC(C)(C)C)CC3)c3c(C)noc3n2)cc1. The number of ether oxygens (including phenoxy) is 1. The molecule has 1 aliphatic rings. The Balaban J connectivity index is 1.49. The smallest absolute Gasteiger partial charge is 0.410 e. The normalized spacial score (nSPS) is 14.9. The zero-order valence-electron chi connectivity index (χ0n) is 21.4. The zero-order chi connectivity index (χ0) is 25.3. The molecule has 35 heavy (non-hydrogen) atoms. The summed E-state index contributed by atoms with van der Waals surface area (Å²) in [5, 5.41) is 4.73. The topological polar surface area (TPSA) is 88.8 Å². The number of hydrogen-bond acceptors (Lipinski definition) is 6. The van der Waals surface area contributed by atoms with Crippen LogP contribution in [0, 0.1) is 19.8 Å². The fourth-order valence-corrected chi connectivity index (χ4v) is 4.43. The largest absolute Gasteiger partial charge is 0.444 e. The van der Waals surface area contributed by atoms with Gasteiger partial charge in [0.25, 0.3) is 11.6 Å². The molecule has 186 valence electrons. The molecule has 0 aliphatic carbocycles. The number of hydrogen-bond donors (Lipinski definition) is 0. The van der Waals surface area contributed by atoms with Gasteiger partial charge in [0.1, 0.15) is 5.60 Å². The highest BCUT2D eigenvalue weighted by molar-refractivity contribution is 6.07. The average Bonchev–Trinajstić information content (AvgIpc) is 3.18. The lowest BCUT2D eigenvalue weighted by Gasteiger charge is -2.34. The van der Waals surface area contributed by atoms with E-state index in [4.69, 9.17) is 9.26 Å². The van der Waals surface area contributed by atoms with Gasteiger partial charge in [0.2, 0.25) is 0 Å². The summed E-state index contributed by atoms with van der Waals surface area (Å²) in [7, 11) is 1.76. The molecule has 0 bridgehead atoms. The number of aryl methyl sites for hydroxylation is 2. The minimum Gasteiger partial charge on any atom is -0.444 e. The lowest BCUT2D eigenvalue weighted by atomic mass is 9.95. The molecule has 1 fully saturated rings. The van der Waals surface area contributed by atoms with Crippen LogP contribution < -0.4 is 0 Å². The number of carbonyl (C=O) groups is 2. The minimum atomic E-state index is -0.519. The van der Waals surface area contributed by atoms with Crippen molar-refractivity contribution >= 4 is 23.1 Å². The molecular formula is C27H34N4O4. The van der Waals surface area contributed by atoms with Gasteiger partial charge in [0, 0.05) is 32.2 Å². The summed E-state index contributed by atoms with van der Waals surface area (Å²) in [6, 6.07) is 9.88. The predicted molar refractivity (Wildman–Crippen MR) is 134 cm³/mol. The third-order valence-electron chi connectivity index (χ3n) is 6.33.